The third-order valence-corrected chi connectivity index (χ3v) is 3.30. The molecule has 0 bridgehead atoms. The van der Waals surface area contributed by atoms with Crippen molar-refractivity contribution in [3.05, 3.63) is 35.4 Å². The van der Waals surface area contributed by atoms with E-state index in [9.17, 15) is 0 Å². The Bertz CT molecular complexity index is 335. The Kier molecular flexibility index (Phi) is 6.94. The Morgan fingerprint density at radius 1 is 1.22 bits per heavy atom. The van der Waals surface area contributed by atoms with Gasteiger partial charge in [-0.2, -0.15) is 0 Å². The molecule has 0 fully saturated rings. The number of aryl methyl sites for hydroxylation is 1. The van der Waals surface area contributed by atoms with E-state index in [0.29, 0.717) is 0 Å². The quantitative estimate of drug-likeness (QED) is 0.743. The number of benzene rings is 1. The molecule has 0 aromatic heterocycles. The molecule has 18 heavy (non-hydrogen) atoms. The number of aliphatic hydroxyl groups is 1. The summed E-state index contributed by atoms with van der Waals surface area (Å²) in [6.45, 7) is 7.21. The van der Waals surface area contributed by atoms with Crippen molar-refractivity contribution in [2.45, 2.75) is 32.7 Å². The van der Waals surface area contributed by atoms with E-state index in [1.807, 2.05) is 12.1 Å². The van der Waals surface area contributed by atoms with Gasteiger partial charge in [0.05, 0.1) is 6.61 Å². The van der Waals surface area contributed by atoms with Gasteiger partial charge in [0.25, 0.3) is 0 Å². The predicted octanol–water partition coefficient (Wildman–Crippen LogP) is 2.09. The minimum atomic E-state index is 0.0873. The minimum absolute atomic E-state index is 0.0873. The van der Waals surface area contributed by atoms with Crippen LogP contribution in [-0.2, 0) is 0 Å². The van der Waals surface area contributed by atoms with Crippen molar-refractivity contribution in [1.82, 2.24) is 4.90 Å². The van der Waals surface area contributed by atoms with Crippen LogP contribution in [-0.4, -0.2) is 36.2 Å². The first-order valence-electron chi connectivity index (χ1n) is 6.83. The van der Waals surface area contributed by atoms with E-state index >= 15 is 0 Å². The number of hydrogen-bond donors (Lipinski definition) is 2. The highest BCUT2D eigenvalue weighted by molar-refractivity contribution is 5.28. The van der Waals surface area contributed by atoms with Gasteiger partial charge in [0.1, 0.15) is 0 Å². The fourth-order valence-electron chi connectivity index (χ4n) is 2.27. The highest BCUT2D eigenvalue weighted by Crippen LogP contribution is 2.18. The Morgan fingerprint density at radius 3 is 2.56 bits per heavy atom. The van der Waals surface area contributed by atoms with Crippen LogP contribution in [0.15, 0.2) is 24.3 Å². The Labute approximate surface area is 111 Å². The number of nitrogens with two attached hydrogens (primary N) is 1. The van der Waals surface area contributed by atoms with Gasteiger partial charge < -0.3 is 15.7 Å². The average Bonchev–Trinajstić information content (AvgIpc) is 2.36. The van der Waals surface area contributed by atoms with Crippen LogP contribution in [0.4, 0.5) is 0 Å². The van der Waals surface area contributed by atoms with Crippen molar-refractivity contribution in [2.75, 3.05) is 26.2 Å². The zero-order valence-electron chi connectivity index (χ0n) is 11.6. The Balaban J connectivity index is 2.49. The second-order valence-electron chi connectivity index (χ2n) is 4.82. The SMILES string of the molecule is CCCN(CCO)CCC(N)c1ccccc1C. The van der Waals surface area contributed by atoms with E-state index in [0.717, 1.165) is 32.5 Å². The second kappa shape index (κ2) is 8.25. The molecule has 1 aromatic carbocycles. The van der Waals surface area contributed by atoms with Gasteiger partial charge in [-0.1, -0.05) is 31.2 Å². The Hall–Kier alpha value is -0.900. The molecular weight excluding hydrogens is 224 g/mol. The van der Waals surface area contributed by atoms with Crippen LogP contribution >= 0.6 is 0 Å². The zero-order valence-corrected chi connectivity index (χ0v) is 11.6. The standard InChI is InChI=1S/C15H26N2O/c1-3-9-17(11-12-18)10-8-15(16)14-7-5-4-6-13(14)2/h4-7,15,18H,3,8-12,16H2,1-2H3. The second-order valence-corrected chi connectivity index (χ2v) is 4.82. The molecule has 0 saturated carbocycles. The maximum atomic E-state index is 9.02. The third-order valence-electron chi connectivity index (χ3n) is 3.30. The van der Waals surface area contributed by atoms with Crippen molar-refractivity contribution < 1.29 is 5.11 Å². The van der Waals surface area contributed by atoms with Crippen LogP contribution < -0.4 is 5.73 Å². The van der Waals surface area contributed by atoms with Crippen LogP contribution in [0, 0.1) is 6.92 Å². The van der Waals surface area contributed by atoms with Gasteiger partial charge in [0.2, 0.25) is 0 Å². The molecule has 1 rings (SSSR count). The van der Waals surface area contributed by atoms with Gasteiger partial charge in [-0.3, -0.25) is 0 Å². The van der Waals surface area contributed by atoms with Crippen LogP contribution in [0.3, 0.4) is 0 Å². The molecule has 0 amide bonds. The highest BCUT2D eigenvalue weighted by atomic mass is 16.3. The topological polar surface area (TPSA) is 49.5 Å². The van der Waals surface area contributed by atoms with Crippen LogP contribution in [0.25, 0.3) is 0 Å². The van der Waals surface area contributed by atoms with Crippen molar-refractivity contribution in [1.29, 1.82) is 0 Å². The van der Waals surface area contributed by atoms with Gasteiger partial charge in [-0.05, 0) is 37.4 Å². The monoisotopic (exact) mass is 250 g/mol. The normalized spacial score (nSPS) is 12.9. The molecule has 0 saturated heterocycles. The molecule has 0 radical (unpaired) electrons. The van der Waals surface area contributed by atoms with E-state index in [1.165, 1.54) is 11.1 Å². The van der Waals surface area contributed by atoms with Crippen LogP contribution in [0.5, 0.6) is 0 Å². The molecule has 3 nitrogen and oxygen atoms in total. The molecule has 1 atom stereocenters. The largest absolute Gasteiger partial charge is 0.395 e. The summed E-state index contributed by atoms with van der Waals surface area (Å²) < 4.78 is 0. The molecule has 1 aromatic rings. The molecule has 3 N–H and O–H groups in total. The molecule has 0 aliphatic heterocycles. The number of hydrogen-bond acceptors (Lipinski definition) is 3. The van der Waals surface area contributed by atoms with Gasteiger partial charge in [0.15, 0.2) is 0 Å². The fourth-order valence-corrected chi connectivity index (χ4v) is 2.27. The summed E-state index contributed by atoms with van der Waals surface area (Å²) in [6, 6.07) is 8.38. The van der Waals surface area contributed by atoms with E-state index in [2.05, 4.69) is 30.9 Å². The van der Waals surface area contributed by atoms with Crippen LogP contribution in [0.1, 0.15) is 36.9 Å². The lowest BCUT2D eigenvalue weighted by Gasteiger charge is -2.23. The first kappa shape index (κ1) is 15.2. The summed E-state index contributed by atoms with van der Waals surface area (Å²) >= 11 is 0. The summed E-state index contributed by atoms with van der Waals surface area (Å²) in [4.78, 5) is 2.28. The lowest BCUT2D eigenvalue weighted by Crippen LogP contribution is -2.31. The summed E-state index contributed by atoms with van der Waals surface area (Å²) in [5.74, 6) is 0. The van der Waals surface area contributed by atoms with Gasteiger partial charge in [0, 0.05) is 19.1 Å². The van der Waals surface area contributed by atoms with Crippen molar-refractivity contribution in [3.63, 3.8) is 0 Å². The molecule has 3 heteroatoms. The molecule has 0 aliphatic rings. The van der Waals surface area contributed by atoms with Crippen molar-refractivity contribution >= 4 is 0 Å². The molecule has 0 aliphatic carbocycles. The zero-order chi connectivity index (χ0) is 13.4. The lowest BCUT2D eigenvalue weighted by molar-refractivity contribution is 0.191. The highest BCUT2D eigenvalue weighted by Gasteiger charge is 2.10. The van der Waals surface area contributed by atoms with Gasteiger partial charge in [-0.25, -0.2) is 0 Å². The molecule has 1 unspecified atom stereocenters. The van der Waals surface area contributed by atoms with Gasteiger partial charge >= 0.3 is 0 Å². The maximum absolute atomic E-state index is 9.02. The minimum Gasteiger partial charge on any atom is -0.395 e. The first-order valence-corrected chi connectivity index (χ1v) is 6.83. The summed E-state index contributed by atoms with van der Waals surface area (Å²) in [5.41, 5.74) is 8.74. The summed E-state index contributed by atoms with van der Waals surface area (Å²) in [7, 11) is 0. The smallest absolute Gasteiger partial charge is 0.0558 e. The van der Waals surface area contributed by atoms with Gasteiger partial charge in [-0.15, -0.1) is 0 Å². The first-order chi connectivity index (χ1) is 8.69. The predicted molar refractivity (Wildman–Crippen MR) is 76.5 cm³/mol. The van der Waals surface area contributed by atoms with E-state index in [-0.39, 0.29) is 12.6 Å². The van der Waals surface area contributed by atoms with Crippen LogP contribution in [0.2, 0.25) is 0 Å². The third kappa shape index (κ3) is 4.77. The van der Waals surface area contributed by atoms with Crippen molar-refractivity contribution in [2.24, 2.45) is 5.73 Å². The van der Waals surface area contributed by atoms with E-state index < -0.39 is 0 Å². The molecule has 0 heterocycles. The fraction of sp³-hybridized carbons (Fsp3) is 0.600. The van der Waals surface area contributed by atoms with Crippen molar-refractivity contribution in [3.8, 4) is 0 Å². The number of rotatable bonds is 8. The number of nitrogens with zero attached hydrogens (tertiary/aromatic N) is 1. The molecule has 0 spiro atoms. The molecule has 102 valence electrons. The average molecular weight is 250 g/mol. The number of aliphatic hydroxyl groups excluding tert-OH is 1. The van der Waals surface area contributed by atoms with E-state index in [4.69, 9.17) is 10.8 Å². The molecular formula is C15H26N2O. The lowest BCUT2D eigenvalue weighted by atomic mass is 9.99. The maximum Gasteiger partial charge on any atom is 0.0558 e. The van der Waals surface area contributed by atoms with E-state index in [1.54, 1.807) is 0 Å². The summed E-state index contributed by atoms with van der Waals surface area (Å²) in [5, 5.41) is 9.02. The Morgan fingerprint density at radius 2 is 1.94 bits per heavy atom. The summed E-state index contributed by atoms with van der Waals surface area (Å²) in [6.07, 6.45) is 2.05.